The van der Waals surface area contributed by atoms with Crippen LogP contribution in [0, 0.1) is 11.8 Å². The molecule has 64 valence electrons. The Bertz CT molecular complexity index is 151. The molecule has 0 amide bonds. The summed E-state index contributed by atoms with van der Waals surface area (Å²) in [7, 11) is 0. The van der Waals surface area contributed by atoms with Crippen molar-refractivity contribution >= 4 is 0 Å². The molecule has 0 bridgehead atoms. The van der Waals surface area contributed by atoms with Crippen LogP contribution in [-0.4, -0.2) is 10.7 Å². The smallest absolute Gasteiger partial charge is 0.0678 e. The van der Waals surface area contributed by atoms with Crippen molar-refractivity contribution in [1.29, 1.82) is 0 Å². The van der Waals surface area contributed by atoms with E-state index in [1.54, 1.807) is 0 Å². The average Bonchev–Trinajstić information content (AvgIpc) is 2.06. The summed E-state index contributed by atoms with van der Waals surface area (Å²) in [4.78, 5) is 0. The minimum atomic E-state index is -0.238. The van der Waals surface area contributed by atoms with Crippen LogP contribution in [0.1, 0.15) is 45.4 Å². The van der Waals surface area contributed by atoms with Gasteiger partial charge in [-0.1, -0.05) is 13.3 Å². The van der Waals surface area contributed by atoms with E-state index >= 15 is 0 Å². The highest BCUT2D eigenvalue weighted by Crippen LogP contribution is 2.47. The predicted molar refractivity (Wildman–Crippen MR) is 45.3 cm³/mol. The van der Waals surface area contributed by atoms with Crippen molar-refractivity contribution in [1.82, 2.24) is 0 Å². The van der Waals surface area contributed by atoms with Crippen LogP contribution in [0.5, 0.6) is 0 Å². The summed E-state index contributed by atoms with van der Waals surface area (Å²) >= 11 is 0. The first-order valence-corrected chi connectivity index (χ1v) is 4.93. The third-order valence-corrected chi connectivity index (χ3v) is 3.64. The number of aliphatic hydroxyl groups is 1. The standard InChI is InChI=1S/C10H18O/c1-8-5-6-10(11,7-8)9-3-2-4-9/h8-9,11H,2-7H2,1H3. The fraction of sp³-hybridized carbons (Fsp3) is 1.00. The monoisotopic (exact) mass is 154 g/mol. The summed E-state index contributed by atoms with van der Waals surface area (Å²) in [5.41, 5.74) is -0.238. The van der Waals surface area contributed by atoms with Crippen LogP contribution in [0.2, 0.25) is 0 Å². The first-order valence-electron chi connectivity index (χ1n) is 4.93. The molecule has 0 aromatic rings. The molecule has 1 heteroatoms. The highest BCUT2D eigenvalue weighted by Gasteiger charge is 2.44. The number of rotatable bonds is 1. The summed E-state index contributed by atoms with van der Waals surface area (Å²) in [6.45, 7) is 2.26. The summed E-state index contributed by atoms with van der Waals surface area (Å²) in [6, 6.07) is 0. The van der Waals surface area contributed by atoms with E-state index in [9.17, 15) is 5.11 Å². The molecule has 11 heavy (non-hydrogen) atoms. The van der Waals surface area contributed by atoms with Crippen LogP contribution in [0.15, 0.2) is 0 Å². The van der Waals surface area contributed by atoms with Gasteiger partial charge in [0.15, 0.2) is 0 Å². The largest absolute Gasteiger partial charge is 0.390 e. The molecule has 0 saturated heterocycles. The number of hydrogen-bond acceptors (Lipinski definition) is 1. The molecular formula is C10H18O. The zero-order valence-corrected chi connectivity index (χ0v) is 7.34. The van der Waals surface area contributed by atoms with Gasteiger partial charge in [-0.15, -0.1) is 0 Å². The Hall–Kier alpha value is -0.0400. The van der Waals surface area contributed by atoms with Crippen molar-refractivity contribution < 1.29 is 5.11 Å². The number of hydrogen-bond donors (Lipinski definition) is 1. The molecule has 2 saturated carbocycles. The molecule has 2 unspecified atom stereocenters. The van der Waals surface area contributed by atoms with Crippen LogP contribution in [0.25, 0.3) is 0 Å². The first-order chi connectivity index (χ1) is 5.21. The zero-order chi connectivity index (χ0) is 7.90. The quantitative estimate of drug-likeness (QED) is 0.614. The van der Waals surface area contributed by atoms with Crippen LogP contribution in [0.4, 0.5) is 0 Å². The summed E-state index contributed by atoms with van der Waals surface area (Å²) in [5.74, 6) is 1.42. The second-order valence-corrected chi connectivity index (χ2v) is 4.58. The molecule has 0 radical (unpaired) electrons. The summed E-state index contributed by atoms with van der Waals surface area (Å²) < 4.78 is 0. The minimum Gasteiger partial charge on any atom is -0.390 e. The third-order valence-electron chi connectivity index (χ3n) is 3.64. The van der Waals surface area contributed by atoms with E-state index < -0.39 is 0 Å². The van der Waals surface area contributed by atoms with Crippen LogP contribution in [-0.2, 0) is 0 Å². The molecule has 0 aromatic heterocycles. The van der Waals surface area contributed by atoms with E-state index in [1.165, 1.54) is 25.7 Å². The van der Waals surface area contributed by atoms with E-state index in [1.807, 2.05) is 0 Å². The molecule has 2 aliphatic carbocycles. The fourth-order valence-electron chi connectivity index (χ4n) is 2.62. The van der Waals surface area contributed by atoms with E-state index in [0.717, 1.165) is 18.8 Å². The first kappa shape index (κ1) is 7.60. The van der Waals surface area contributed by atoms with Crippen molar-refractivity contribution in [2.45, 2.75) is 51.0 Å². The lowest BCUT2D eigenvalue weighted by molar-refractivity contribution is -0.0468. The molecule has 2 aliphatic rings. The predicted octanol–water partition coefficient (Wildman–Crippen LogP) is 2.34. The van der Waals surface area contributed by atoms with Crippen molar-refractivity contribution in [3.05, 3.63) is 0 Å². The normalized spacial score (nSPS) is 45.8. The second-order valence-electron chi connectivity index (χ2n) is 4.58. The van der Waals surface area contributed by atoms with Gasteiger partial charge < -0.3 is 5.11 Å². The fourth-order valence-corrected chi connectivity index (χ4v) is 2.62. The zero-order valence-electron chi connectivity index (χ0n) is 7.34. The highest BCUT2D eigenvalue weighted by molar-refractivity contribution is 4.96. The molecule has 2 rings (SSSR count). The maximum absolute atomic E-state index is 10.2. The minimum absolute atomic E-state index is 0.238. The van der Waals surface area contributed by atoms with Crippen molar-refractivity contribution in [3.63, 3.8) is 0 Å². The van der Waals surface area contributed by atoms with E-state index in [0.29, 0.717) is 5.92 Å². The average molecular weight is 154 g/mol. The highest BCUT2D eigenvalue weighted by atomic mass is 16.3. The SMILES string of the molecule is CC1CCC(O)(C2CCC2)C1. The van der Waals surface area contributed by atoms with Crippen LogP contribution < -0.4 is 0 Å². The van der Waals surface area contributed by atoms with Gasteiger partial charge in [-0.2, -0.15) is 0 Å². The van der Waals surface area contributed by atoms with Crippen molar-refractivity contribution in [2.75, 3.05) is 0 Å². The van der Waals surface area contributed by atoms with E-state index in [-0.39, 0.29) is 5.60 Å². The third kappa shape index (κ3) is 1.20. The van der Waals surface area contributed by atoms with Crippen molar-refractivity contribution in [2.24, 2.45) is 11.8 Å². The lowest BCUT2D eigenvalue weighted by Crippen LogP contribution is -2.39. The molecule has 2 fully saturated rings. The Morgan fingerprint density at radius 1 is 1.27 bits per heavy atom. The summed E-state index contributed by atoms with van der Waals surface area (Å²) in [6.07, 6.45) is 7.29. The molecule has 1 nitrogen and oxygen atoms in total. The Kier molecular flexibility index (Phi) is 1.71. The Morgan fingerprint density at radius 2 is 2.00 bits per heavy atom. The summed E-state index contributed by atoms with van der Waals surface area (Å²) in [5, 5.41) is 10.2. The second kappa shape index (κ2) is 2.48. The van der Waals surface area contributed by atoms with Gasteiger partial charge in [0.2, 0.25) is 0 Å². The topological polar surface area (TPSA) is 20.2 Å². The Labute approximate surface area is 68.8 Å². The van der Waals surface area contributed by atoms with Gasteiger partial charge in [0.1, 0.15) is 0 Å². The maximum Gasteiger partial charge on any atom is 0.0678 e. The molecule has 2 atom stereocenters. The lowest BCUT2D eigenvalue weighted by Gasteiger charge is -2.39. The van der Waals surface area contributed by atoms with Gasteiger partial charge in [-0.05, 0) is 43.9 Å². The Morgan fingerprint density at radius 3 is 2.36 bits per heavy atom. The van der Waals surface area contributed by atoms with E-state index in [2.05, 4.69) is 6.92 Å². The maximum atomic E-state index is 10.2. The van der Waals surface area contributed by atoms with Gasteiger partial charge in [-0.3, -0.25) is 0 Å². The molecule has 0 heterocycles. The van der Waals surface area contributed by atoms with Crippen LogP contribution >= 0.6 is 0 Å². The Balaban J connectivity index is 1.98. The van der Waals surface area contributed by atoms with Crippen LogP contribution in [0.3, 0.4) is 0 Å². The van der Waals surface area contributed by atoms with E-state index in [4.69, 9.17) is 0 Å². The molecule has 0 spiro atoms. The van der Waals surface area contributed by atoms with Gasteiger partial charge >= 0.3 is 0 Å². The molecular weight excluding hydrogens is 136 g/mol. The van der Waals surface area contributed by atoms with Gasteiger partial charge in [0.05, 0.1) is 5.60 Å². The molecule has 1 N–H and O–H groups in total. The molecule has 0 aliphatic heterocycles. The van der Waals surface area contributed by atoms with Crippen molar-refractivity contribution in [3.8, 4) is 0 Å². The molecule has 0 aromatic carbocycles. The van der Waals surface area contributed by atoms with Gasteiger partial charge in [0.25, 0.3) is 0 Å². The van der Waals surface area contributed by atoms with Gasteiger partial charge in [-0.25, -0.2) is 0 Å². The van der Waals surface area contributed by atoms with Gasteiger partial charge in [0, 0.05) is 0 Å². The lowest BCUT2D eigenvalue weighted by atomic mass is 9.72.